The van der Waals surface area contributed by atoms with Crippen molar-refractivity contribution in [3.05, 3.63) is 70.8 Å². The summed E-state index contributed by atoms with van der Waals surface area (Å²) in [5.41, 5.74) is 15.3. The first kappa shape index (κ1) is 17.3. The summed E-state index contributed by atoms with van der Waals surface area (Å²) < 4.78 is 5.28. The normalized spacial score (nSPS) is 14.6. The number of aliphatic hydroxyl groups excluding tert-OH is 1. The van der Waals surface area contributed by atoms with Crippen molar-refractivity contribution in [3.63, 3.8) is 0 Å². The van der Waals surface area contributed by atoms with Crippen molar-refractivity contribution in [3.8, 4) is 5.75 Å². The maximum Gasteiger partial charge on any atom is 0.178 e. The van der Waals surface area contributed by atoms with Crippen LogP contribution in [0.25, 0.3) is 5.76 Å². The van der Waals surface area contributed by atoms with Crippen molar-refractivity contribution in [1.82, 2.24) is 10.9 Å². The van der Waals surface area contributed by atoms with Gasteiger partial charge in [-0.2, -0.15) is 0 Å². The van der Waals surface area contributed by atoms with Crippen LogP contribution >= 0.6 is 12.2 Å². The lowest BCUT2D eigenvalue weighted by Crippen LogP contribution is -2.43. The Balaban J connectivity index is 2.01. The minimum Gasteiger partial charge on any atom is -0.507 e. The van der Waals surface area contributed by atoms with Gasteiger partial charge in [0.15, 0.2) is 5.11 Å². The minimum atomic E-state index is -0.238. The predicted octanol–water partition coefficient (Wildman–Crippen LogP) is 2.99. The van der Waals surface area contributed by atoms with Crippen molar-refractivity contribution in [2.75, 3.05) is 7.11 Å². The van der Waals surface area contributed by atoms with Crippen LogP contribution in [0.2, 0.25) is 0 Å². The van der Waals surface area contributed by atoms with E-state index >= 15 is 0 Å². The SMILES string of the molecule is COc1ccc2c(c1)CCC(C(NNC(N)=S)c1ccccc1)=C2O. The highest BCUT2D eigenvalue weighted by Gasteiger charge is 2.26. The molecule has 5 N–H and O–H groups in total. The first-order chi connectivity index (χ1) is 12.1. The summed E-state index contributed by atoms with van der Waals surface area (Å²) in [7, 11) is 1.64. The molecule has 0 heterocycles. The van der Waals surface area contributed by atoms with Crippen LogP contribution in [0.3, 0.4) is 0 Å². The maximum atomic E-state index is 10.9. The summed E-state index contributed by atoms with van der Waals surface area (Å²) in [4.78, 5) is 0. The number of nitrogens with one attached hydrogen (secondary N) is 2. The van der Waals surface area contributed by atoms with E-state index in [0.717, 1.165) is 40.9 Å². The van der Waals surface area contributed by atoms with E-state index in [1.54, 1.807) is 7.11 Å². The number of fused-ring (bicyclic) bond motifs is 1. The number of thiocarbonyl (C=S) groups is 1. The number of hydrogen-bond acceptors (Lipinski definition) is 4. The second-order valence-corrected chi connectivity index (χ2v) is 6.31. The van der Waals surface area contributed by atoms with Crippen molar-refractivity contribution in [2.24, 2.45) is 5.73 Å². The van der Waals surface area contributed by atoms with Gasteiger partial charge in [0.2, 0.25) is 0 Å². The monoisotopic (exact) mass is 355 g/mol. The molecule has 2 aromatic carbocycles. The predicted molar refractivity (Wildman–Crippen MR) is 103 cm³/mol. The van der Waals surface area contributed by atoms with Crippen molar-refractivity contribution >= 4 is 23.1 Å². The van der Waals surface area contributed by atoms with Gasteiger partial charge in [0.25, 0.3) is 0 Å². The van der Waals surface area contributed by atoms with Gasteiger partial charge in [0.1, 0.15) is 11.5 Å². The second-order valence-electron chi connectivity index (χ2n) is 5.87. The molecule has 1 aliphatic carbocycles. The van der Waals surface area contributed by atoms with Crippen molar-refractivity contribution in [1.29, 1.82) is 0 Å². The highest BCUT2D eigenvalue weighted by atomic mass is 32.1. The Morgan fingerprint density at radius 1 is 1.20 bits per heavy atom. The number of rotatable bonds is 5. The summed E-state index contributed by atoms with van der Waals surface area (Å²) in [6, 6.07) is 15.4. The van der Waals surface area contributed by atoms with E-state index in [-0.39, 0.29) is 16.9 Å². The molecule has 6 heteroatoms. The fourth-order valence-electron chi connectivity index (χ4n) is 3.14. The molecule has 1 aliphatic rings. The lowest BCUT2D eigenvalue weighted by atomic mass is 9.85. The third-order valence-corrected chi connectivity index (χ3v) is 4.46. The lowest BCUT2D eigenvalue weighted by molar-refractivity contribution is 0.413. The zero-order valence-electron chi connectivity index (χ0n) is 14.0. The summed E-state index contributed by atoms with van der Waals surface area (Å²) in [5.74, 6) is 1.08. The maximum absolute atomic E-state index is 10.9. The van der Waals surface area contributed by atoms with Crippen molar-refractivity contribution in [2.45, 2.75) is 18.9 Å². The van der Waals surface area contributed by atoms with E-state index in [0.29, 0.717) is 0 Å². The van der Waals surface area contributed by atoms with Crippen LogP contribution in [0, 0.1) is 0 Å². The van der Waals surface area contributed by atoms with E-state index in [9.17, 15) is 5.11 Å². The zero-order valence-corrected chi connectivity index (χ0v) is 14.8. The summed E-state index contributed by atoms with van der Waals surface area (Å²) in [6.07, 6.45) is 1.54. The van der Waals surface area contributed by atoms with Crippen molar-refractivity contribution < 1.29 is 9.84 Å². The minimum absolute atomic E-state index is 0.155. The van der Waals surface area contributed by atoms with Crippen LogP contribution < -0.4 is 21.3 Å². The lowest BCUT2D eigenvalue weighted by Gasteiger charge is -2.28. The van der Waals surface area contributed by atoms with E-state index in [1.165, 1.54) is 0 Å². The van der Waals surface area contributed by atoms with Gasteiger partial charge in [-0.05, 0) is 60.0 Å². The van der Waals surface area contributed by atoms with Gasteiger partial charge in [-0.25, -0.2) is 5.43 Å². The Kier molecular flexibility index (Phi) is 5.21. The summed E-state index contributed by atoms with van der Waals surface area (Å²) in [6.45, 7) is 0. The standard InChI is InChI=1S/C19H21N3O2S/c1-24-14-8-10-15-13(11-14)7-9-16(18(15)23)17(21-22-19(20)25)12-5-3-2-4-6-12/h2-6,8,10-11,17,21,23H,7,9H2,1H3,(H3,20,22,25). The van der Waals surface area contributed by atoms with E-state index in [4.69, 9.17) is 22.7 Å². The van der Waals surface area contributed by atoms with Gasteiger partial charge in [-0.1, -0.05) is 30.3 Å². The fraction of sp³-hybridized carbons (Fsp3) is 0.211. The van der Waals surface area contributed by atoms with Gasteiger partial charge >= 0.3 is 0 Å². The van der Waals surface area contributed by atoms with Gasteiger partial charge in [0, 0.05) is 5.56 Å². The largest absolute Gasteiger partial charge is 0.507 e. The molecule has 0 spiro atoms. The molecule has 0 radical (unpaired) electrons. The molecule has 3 rings (SSSR count). The molecule has 130 valence electrons. The molecule has 0 fully saturated rings. The van der Waals surface area contributed by atoms with E-state index < -0.39 is 0 Å². The molecular formula is C19H21N3O2S. The van der Waals surface area contributed by atoms with Gasteiger partial charge in [-0.3, -0.25) is 5.43 Å². The van der Waals surface area contributed by atoms with E-state index in [2.05, 4.69) is 10.9 Å². The molecule has 1 atom stereocenters. The Bertz CT molecular complexity index is 806. The summed E-state index contributed by atoms with van der Waals surface area (Å²) in [5, 5.41) is 11.0. The number of ether oxygens (including phenoxy) is 1. The topological polar surface area (TPSA) is 79.5 Å². The highest BCUT2D eigenvalue weighted by molar-refractivity contribution is 7.80. The smallest absolute Gasteiger partial charge is 0.178 e. The molecule has 0 saturated carbocycles. The van der Waals surface area contributed by atoms with Crippen LogP contribution in [0.4, 0.5) is 0 Å². The second kappa shape index (κ2) is 7.55. The molecule has 0 aromatic heterocycles. The quantitative estimate of drug-likeness (QED) is 0.488. The Morgan fingerprint density at radius 3 is 2.64 bits per heavy atom. The first-order valence-corrected chi connectivity index (χ1v) is 8.46. The average molecular weight is 355 g/mol. The number of hydrazine groups is 1. The van der Waals surface area contributed by atoms with E-state index in [1.807, 2.05) is 48.5 Å². The average Bonchev–Trinajstić information content (AvgIpc) is 2.64. The zero-order chi connectivity index (χ0) is 17.8. The van der Waals surface area contributed by atoms with Crippen LogP contribution in [-0.2, 0) is 6.42 Å². The van der Waals surface area contributed by atoms with Gasteiger partial charge in [-0.15, -0.1) is 0 Å². The molecule has 25 heavy (non-hydrogen) atoms. The molecular weight excluding hydrogens is 334 g/mol. The molecule has 5 nitrogen and oxygen atoms in total. The van der Waals surface area contributed by atoms with Crippen LogP contribution in [-0.4, -0.2) is 17.3 Å². The number of nitrogens with two attached hydrogens (primary N) is 1. The Morgan fingerprint density at radius 2 is 1.96 bits per heavy atom. The Hall–Kier alpha value is -2.57. The van der Waals surface area contributed by atoms with Crippen LogP contribution in [0.15, 0.2) is 54.1 Å². The number of benzene rings is 2. The summed E-state index contributed by atoms with van der Waals surface area (Å²) >= 11 is 4.90. The molecule has 0 amide bonds. The molecule has 0 saturated heterocycles. The molecule has 0 bridgehead atoms. The first-order valence-electron chi connectivity index (χ1n) is 8.05. The van der Waals surface area contributed by atoms with Crippen LogP contribution in [0.5, 0.6) is 5.75 Å². The highest BCUT2D eigenvalue weighted by Crippen LogP contribution is 2.37. The molecule has 1 unspecified atom stereocenters. The number of aliphatic hydroxyl groups is 1. The number of methoxy groups -OCH3 is 1. The van der Waals surface area contributed by atoms with Gasteiger partial charge in [0.05, 0.1) is 13.2 Å². The van der Waals surface area contributed by atoms with Gasteiger partial charge < -0.3 is 15.6 Å². The molecule has 2 aromatic rings. The Labute approximate surface area is 152 Å². The van der Waals surface area contributed by atoms with Crippen LogP contribution in [0.1, 0.15) is 29.2 Å². The fourth-order valence-corrected chi connectivity index (χ4v) is 3.20. The third-order valence-electron chi connectivity index (χ3n) is 4.36. The molecule has 0 aliphatic heterocycles. The number of aryl methyl sites for hydroxylation is 1. The third kappa shape index (κ3) is 3.75. The number of hydrogen-bond donors (Lipinski definition) is 4.